The largest absolute Gasteiger partial charge is 0.276 e. The monoisotopic (exact) mass is 622 g/mol. The lowest BCUT2D eigenvalue weighted by Gasteiger charge is -2.20. The van der Waals surface area contributed by atoms with Crippen molar-refractivity contribution in [1.82, 2.24) is 19.5 Å². The first-order valence-corrected chi connectivity index (χ1v) is 16.8. The standard InChI is InChI=1S/C42H30N4S/c1-27-15-8-9-20-30(27)31-23-14-24-34-37-32-21-10-12-25-35(32)47-36-26-13-11-22-33(36)39(37)46(38(31)34)42-44-40(28-16-4-2-5-17-28)43-41(45-42)29-18-6-3-7-19-29/h2-14,16-27H,15H2,1H3. The molecular formula is C42H30N4S. The minimum absolute atomic E-state index is 0.377. The van der Waals surface area contributed by atoms with Crippen molar-refractivity contribution >= 4 is 28.2 Å². The smallest absolute Gasteiger partial charge is 0.238 e. The Labute approximate surface area is 278 Å². The highest BCUT2D eigenvalue weighted by atomic mass is 32.2. The Morgan fingerprint density at radius 3 is 1.89 bits per heavy atom. The molecule has 9 rings (SSSR count). The number of nitrogens with zero attached hydrogens (tertiary/aromatic N) is 4. The fourth-order valence-corrected chi connectivity index (χ4v) is 8.01. The predicted molar refractivity (Wildman–Crippen MR) is 193 cm³/mol. The van der Waals surface area contributed by atoms with Crippen LogP contribution < -0.4 is 0 Å². The summed E-state index contributed by atoms with van der Waals surface area (Å²) >= 11 is 1.82. The van der Waals surface area contributed by atoms with E-state index in [1.807, 2.05) is 48.2 Å². The van der Waals surface area contributed by atoms with E-state index in [2.05, 4.69) is 121 Å². The van der Waals surface area contributed by atoms with E-state index in [9.17, 15) is 0 Å². The van der Waals surface area contributed by atoms with Crippen molar-refractivity contribution in [3.05, 3.63) is 151 Å². The molecule has 0 saturated carbocycles. The summed E-state index contributed by atoms with van der Waals surface area (Å²) in [4.78, 5) is 18.1. The SMILES string of the molecule is CC1CC=CC=C1c1cccc2c3c(n(-c4nc(-c5ccccc5)nc(-c5ccccc5)n4)c12)-c1ccccc1Sc1ccccc1-3. The van der Waals surface area contributed by atoms with Crippen LogP contribution in [0, 0.1) is 5.92 Å². The fraction of sp³-hybridized carbons (Fsp3) is 0.0714. The molecule has 0 radical (unpaired) electrons. The average molecular weight is 623 g/mol. The Hall–Kier alpha value is -5.52. The minimum Gasteiger partial charge on any atom is -0.276 e. The molecule has 224 valence electrons. The third kappa shape index (κ3) is 4.65. The Bertz CT molecular complexity index is 2310. The second-order valence-corrected chi connectivity index (χ2v) is 13.1. The fourth-order valence-electron chi connectivity index (χ4n) is 6.93. The third-order valence-electron chi connectivity index (χ3n) is 9.14. The van der Waals surface area contributed by atoms with Gasteiger partial charge >= 0.3 is 0 Å². The second-order valence-electron chi connectivity index (χ2n) is 12.1. The highest BCUT2D eigenvalue weighted by Gasteiger charge is 2.31. The van der Waals surface area contributed by atoms with Crippen LogP contribution in [0.25, 0.3) is 67.6 Å². The van der Waals surface area contributed by atoms with Crippen LogP contribution in [0.15, 0.2) is 155 Å². The third-order valence-corrected chi connectivity index (χ3v) is 10.3. The Morgan fingerprint density at radius 2 is 1.21 bits per heavy atom. The van der Waals surface area contributed by atoms with Gasteiger partial charge in [0.15, 0.2) is 11.6 Å². The van der Waals surface area contributed by atoms with Crippen molar-refractivity contribution in [2.24, 2.45) is 5.92 Å². The lowest BCUT2D eigenvalue weighted by molar-refractivity contribution is 0.759. The minimum atomic E-state index is 0.377. The number of para-hydroxylation sites is 1. The van der Waals surface area contributed by atoms with Gasteiger partial charge in [0.2, 0.25) is 5.95 Å². The van der Waals surface area contributed by atoms with Crippen LogP contribution in [-0.2, 0) is 0 Å². The number of fused-ring (bicyclic) bond motifs is 7. The number of allylic oxidation sites excluding steroid dienone is 4. The van der Waals surface area contributed by atoms with Crippen molar-refractivity contribution in [2.45, 2.75) is 23.1 Å². The van der Waals surface area contributed by atoms with Gasteiger partial charge in [-0.15, -0.1) is 0 Å². The summed E-state index contributed by atoms with van der Waals surface area (Å²) in [6.45, 7) is 2.32. The quantitative estimate of drug-likeness (QED) is 0.196. The van der Waals surface area contributed by atoms with Crippen molar-refractivity contribution in [2.75, 3.05) is 0 Å². The summed E-state index contributed by atoms with van der Waals surface area (Å²) in [5, 5.41) is 1.19. The summed E-state index contributed by atoms with van der Waals surface area (Å²) in [5.74, 6) is 2.27. The topological polar surface area (TPSA) is 43.6 Å². The van der Waals surface area contributed by atoms with Gasteiger partial charge in [-0.05, 0) is 35.6 Å². The first kappa shape index (κ1) is 27.8. The molecule has 5 heteroatoms. The number of rotatable bonds is 4. The molecule has 5 aromatic carbocycles. The van der Waals surface area contributed by atoms with Gasteiger partial charge in [-0.2, -0.15) is 9.97 Å². The molecule has 1 aliphatic carbocycles. The molecule has 0 amide bonds. The van der Waals surface area contributed by atoms with Crippen LogP contribution in [0.4, 0.5) is 0 Å². The van der Waals surface area contributed by atoms with Crippen molar-refractivity contribution in [1.29, 1.82) is 0 Å². The molecule has 1 unspecified atom stereocenters. The molecule has 7 aromatic rings. The van der Waals surface area contributed by atoms with Gasteiger partial charge in [-0.1, -0.05) is 152 Å². The van der Waals surface area contributed by atoms with E-state index in [-0.39, 0.29) is 0 Å². The summed E-state index contributed by atoms with van der Waals surface area (Å²) in [7, 11) is 0. The van der Waals surface area contributed by atoms with Gasteiger partial charge < -0.3 is 0 Å². The van der Waals surface area contributed by atoms with E-state index in [1.165, 1.54) is 43.0 Å². The van der Waals surface area contributed by atoms with E-state index in [1.54, 1.807) is 0 Å². The van der Waals surface area contributed by atoms with Crippen LogP contribution in [0.3, 0.4) is 0 Å². The van der Waals surface area contributed by atoms with Gasteiger partial charge in [0, 0.05) is 43.0 Å². The number of hydrogen-bond donors (Lipinski definition) is 0. The Morgan fingerprint density at radius 1 is 0.617 bits per heavy atom. The molecule has 47 heavy (non-hydrogen) atoms. The van der Waals surface area contributed by atoms with E-state index >= 15 is 0 Å². The second kappa shape index (κ2) is 11.4. The maximum Gasteiger partial charge on any atom is 0.238 e. The van der Waals surface area contributed by atoms with E-state index < -0.39 is 0 Å². The molecular weight excluding hydrogens is 593 g/mol. The number of hydrogen-bond acceptors (Lipinski definition) is 4. The summed E-state index contributed by atoms with van der Waals surface area (Å²) in [6.07, 6.45) is 7.74. The molecule has 3 heterocycles. The summed E-state index contributed by atoms with van der Waals surface area (Å²) in [6, 6.07) is 44.7. The molecule has 0 N–H and O–H groups in total. The summed E-state index contributed by atoms with van der Waals surface area (Å²) < 4.78 is 2.33. The lowest BCUT2D eigenvalue weighted by Crippen LogP contribution is -2.09. The highest BCUT2D eigenvalue weighted by molar-refractivity contribution is 7.99. The van der Waals surface area contributed by atoms with Gasteiger partial charge in [-0.3, -0.25) is 4.57 Å². The molecule has 4 nitrogen and oxygen atoms in total. The van der Waals surface area contributed by atoms with Crippen LogP contribution >= 0.6 is 11.8 Å². The van der Waals surface area contributed by atoms with Crippen molar-refractivity contribution in [3.8, 4) is 51.1 Å². The van der Waals surface area contributed by atoms with Crippen molar-refractivity contribution < 1.29 is 0 Å². The van der Waals surface area contributed by atoms with Gasteiger partial charge in [0.1, 0.15) is 0 Å². The molecule has 1 aliphatic heterocycles. The molecule has 0 saturated heterocycles. The Balaban J connectivity index is 1.47. The van der Waals surface area contributed by atoms with Gasteiger partial charge in [-0.25, -0.2) is 4.98 Å². The van der Waals surface area contributed by atoms with E-state index in [0.29, 0.717) is 23.5 Å². The molecule has 1 atom stereocenters. The predicted octanol–water partition coefficient (Wildman–Crippen LogP) is 10.9. The molecule has 2 aromatic heterocycles. The van der Waals surface area contributed by atoms with Crippen molar-refractivity contribution in [3.63, 3.8) is 0 Å². The lowest BCUT2D eigenvalue weighted by atomic mass is 9.87. The van der Waals surface area contributed by atoms with E-state index in [0.717, 1.165) is 28.8 Å². The zero-order valence-corrected chi connectivity index (χ0v) is 26.7. The maximum absolute atomic E-state index is 5.30. The van der Waals surface area contributed by atoms with Crippen LogP contribution in [0.1, 0.15) is 18.9 Å². The average Bonchev–Trinajstić information content (AvgIpc) is 3.40. The van der Waals surface area contributed by atoms with Gasteiger partial charge in [0.05, 0.1) is 11.2 Å². The number of benzene rings is 5. The first-order chi connectivity index (χ1) is 23.2. The first-order valence-electron chi connectivity index (χ1n) is 16.0. The highest BCUT2D eigenvalue weighted by Crippen LogP contribution is 2.53. The zero-order chi connectivity index (χ0) is 31.3. The molecule has 2 aliphatic rings. The van der Waals surface area contributed by atoms with E-state index in [4.69, 9.17) is 15.0 Å². The molecule has 0 fully saturated rings. The van der Waals surface area contributed by atoms with Crippen LogP contribution in [0.5, 0.6) is 0 Å². The zero-order valence-electron chi connectivity index (χ0n) is 25.8. The normalized spacial score (nSPS) is 15.0. The van der Waals surface area contributed by atoms with Gasteiger partial charge in [0.25, 0.3) is 0 Å². The molecule has 0 spiro atoms. The van der Waals surface area contributed by atoms with Crippen LogP contribution in [-0.4, -0.2) is 19.5 Å². The maximum atomic E-state index is 5.30. The molecule has 0 bridgehead atoms. The van der Waals surface area contributed by atoms with Crippen LogP contribution in [0.2, 0.25) is 0 Å². The Kier molecular flexibility index (Phi) is 6.72. The summed E-state index contributed by atoms with van der Waals surface area (Å²) in [5.41, 5.74) is 10.2. The number of aromatic nitrogens is 4.